The number of rotatable bonds is 2. The van der Waals surface area contributed by atoms with E-state index in [0.29, 0.717) is 6.42 Å². The molecule has 0 radical (unpaired) electrons. The lowest BCUT2D eigenvalue weighted by Gasteiger charge is -2.01. The van der Waals surface area contributed by atoms with E-state index >= 15 is 0 Å². The topological polar surface area (TPSA) is 38.3 Å². The first-order valence-corrected chi connectivity index (χ1v) is 4.26. The molecule has 0 saturated carbocycles. The van der Waals surface area contributed by atoms with E-state index in [4.69, 9.17) is 4.74 Å². The van der Waals surface area contributed by atoms with Crippen LogP contribution in [0.1, 0.15) is 11.1 Å². The Bertz CT molecular complexity index is 347. The lowest BCUT2D eigenvalue weighted by Crippen LogP contribution is -2.04. The molecule has 0 saturated heterocycles. The number of hydrogen-bond donors (Lipinski definition) is 1. The first-order chi connectivity index (χ1) is 6.29. The summed E-state index contributed by atoms with van der Waals surface area (Å²) in [6, 6.07) is 5.88. The van der Waals surface area contributed by atoms with Crippen molar-refractivity contribution in [1.82, 2.24) is 5.32 Å². The summed E-state index contributed by atoms with van der Waals surface area (Å²) in [5.74, 6) is 0.564. The second kappa shape index (κ2) is 3.18. The van der Waals surface area contributed by atoms with Crippen molar-refractivity contribution in [3.8, 4) is 5.75 Å². The Hall–Kier alpha value is -1.35. The van der Waals surface area contributed by atoms with Crippen molar-refractivity contribution in [2.75, 3.05) is 7.05 Å². The summed E-state index contributed by atoms with van der Waals surface area (Å²) >= 11 is 0. The van der Waals surface area contributed by atoms with Crippen LogP contribution in [0.5, 0.6) is 5.75 Å². The van der Waals surface area contributed by atoms with E-state index in [1.165, 1.54) is 0 Å². The second-order valence-corrected chi connectivity index (χ2v) is 3.12. The number of esters is 1. The molecule has 1 aromatic rings. The summed E-state index contributed by atoms with van der Waals surface area (Å²) in [4.78, 5) is 10.9. The summed E-state index contributed by atoms with van der Waals surface area (Å²) < 4.78 is 5.03. The highest BCUT2D eigenvalue weighted by molar-refractivity contribution is 5.81. The number of hydrogen-bond acceptors (Lipinski definition) is 3. The fourth-order valence-electron chi connectivity index (χ4n) is 1.47. The smallest absolute Gasteiger partial charge is 0.315 e. The molecule has 0 unspecified atom stereocenters. The van der Waals surface area contributed by atoms with E-state index in [1.807, 2.05) is 25.2 Å². The van der Waals surface area contributed by atoms with Crippen molar-refractivity contribution in [2.45, 2.75) is 13.0 Å². The monoisotopic (exact) mass is 177 g/mol. The molecule has 1 aromatic carbocycles. The van der Waals surface area contributed by atoms with Crippen molar-refractivity contribution in [3.05, 3.63) is 29.3 Å². The zero-order valence-electron chi connectivity index (χ0n) is 7.46. The minimum absolute atomic E-state index is 0.156. The minimum Gasteiger partial charge on any atom is -0.426 e. The summed E-state index contributed by atoms with van der Waals surface area (Å²) in [6.45, 7) is 0.796. The highest BCUT2D eigenvalue weighted by Gasteiger charge is 2.19. The van der Waals surface area contributed by atoms with E-state index in [2.05, 4.69) is 5.32 Å². The second-order valence-electron chi connectivity index (χ2n) is 3.12. The predicted molar refractivity (Wildman–Crippen MR) is 48.5 cm³/mol. The van der Waals surface area contributed by atoms with Gasteiger partial charge in [-0.1, -0.05) is 12.1 Å². The Morgan fingerprint density at radius 2 is 2.38 bits per heavy atom. The van der Waals surface area contributed by atoms with Gasteiger partial charge in [-0.05, 0) is 18.7 Å². The van der Waals surface area contributed by atoms with Crippen LogP contribution in [0.15, 0.2) is 18.2 Å². The predicted octanol–water partition coefficient (Wildman–Crippen LogP) is 0.868. The number of benzene rings is 1. The van der Waals surface area contributed by atoms with Gasteiger partial charge in [-0.25, -0.2) is 0 Å². The van der Waals surface area contributed by atoms with E-state index in [9.17, 15) is 4.79 Å². The van der Waals surface area contributed by atoms with Crippen molar-refractivity contribution < 1.29 is 9.53 Å². The molecule has 0 aromatic heterocycles. The number of nitrogens with one attached hydrogen (secondary N) is 1. The average molecular weight is 177 g/mol. The summed E-state index contributed by atoms with van der Waals surface area (Å²) in [5.41, 5.74) is 2.13. The van der Waals surface area contributed by atoms with Gasteiger partial charge in [-0.3, -0.25) is 4.79 Å². The van der Waals surface area contributed by atoms with E-state index in [1.54, 1.807) is 0 Å². The standard InChI is InChI=1S/C10H11NO2/c1-11-6-7-2-3-8-5-10(12)13-9(8)4-7/h2-4,11H,5-6H2,1H3. The van der Waals surface area contributed by atoms with Gasteiger partial charge >= 0.3 is 5.97 Å². The summed E-state index contributed by atoms with van der Waals surface area (Å²) in [5, 5.41) is 3.05. The molecule has 0 bridgehead atoms. The molecule has 1 aliphatic rings. The summed E-state index contributed by atoms with van der Waals surface area (Å²) in [6.07, 6.45) is 0.412. The van der Waals surface area contributed by atoms with Gasteiger partial charge in [0.05, 0.1) is 6.42 Å². The quantitative estimate of drug-likeness (QED) is 0.538. The Kier molecular flexibility index (Phi) is 2.02. The lowest BCUT2D eigenvalue weighted by atomic mass is 10.1. The first-order valence-electron chi connectivity index (χ1n) is 4.26. The van der Waals surface area contributed by atoms with Crippen LogP contribution in [0, 0.1) is 0 Å². The maximum Gasteiger partial charge on any atom is 0.315 e. The molecule has 3 heteroatoms. The van der Waals surface area contributed by atoms with Gasteiger partial charge in [-0.15, -0.1) is 0 Å². The van der Waals surface area contributed by atoms with Crippen LogP contribution >= 0.6 is 0 Å². The molecule has 0 atom stereocenters. The first kappa shape index (κ1) is 8.26. The molecule has 13 heavy (non-hydrogen) atoms. The van der Waals surface area contributed by atoms with Crippen molar-refractivity contribution >= 4 is 5.97 Å². The number of carbonyl (C=O) groups excluding carboxylic acids is 1. The highest BCUT2D eigenvalue weighted by Crippen LogP contribution is 2.26. The van der Waals surface area contributed by atoms with Crippen LogP contribution in [0.3, 0.4) is 0 Å². The zero-order chi connectivity index (χ0) is 9.26. The van der Waals surface area contributed by atoms with Crippen LogP contribution < -0.4 is 10.1 Å². The van der Waals surface area contributed by atoms with Gasteiger partial charge in [0.2, 0.25) is 0 Å². The van der Waals surface area contributed by atoms with Crippen molar-refractivity contribution in [2.24, 2.45) is 0 Å². The Labute approximate surface area is 76.7 Å². The number of carbonyl (C=O) groups is 1. The lowest BCUT2D eigenvalue weighted by molar-refractivity contribution is -0.131. The SMILES string of the molecule is CNCc1ccc2c(c1)OC(=O)C2. The van der Waals surface area contributed by atoms with Crippen molar-refractivity contribution in [3.63, 3.8) is 0 Å². The Morgan fingerprint density at radius 3 is 3.15 bits per heavy atom. The Balaban J connectivity index is 2.29. The van der Waals surface area contributed by atoms with E-state index in [-0.39, 0.29) is 5.97 Å². The van der Waals surface area contributed by atoms with Crippen LogP contribution in [-0.2, 0) is 17.8 Å². The molecular weight excluding hydrogens is 166 g/mol. The molecule has 1 N–H and O–H groups in total. The van der Waals surface area contributed by atoms with Crippen LogP contribution in [0.4, 0.5) is 0 Å². The van der Waals surface area contributed by atoms with Gasteiger partial charge in [0.1, 0.15) is 5.75 Å². The zero-order valence-corrected chi connectivity index (χ0v) is 7.46. The molecule has 1 heterocycles. The molecule has 0 aliphatic carbocycles. The molecule has 3 nitrogen and oxygen atoms in total. The number of fused-ring (bicyclic) bond motifs is 1. The molecule has 68 valence electrons. The molecular formula is C10H11NO2. The van der Waals surface area contributed by atoms with Gasteiger partial charge in [0.15, 0.2) is 0 Å². The average Bonchev–Trinajstić information content (AvgIpc) is 2.44. The van der Waals surface area contributed by atoms with Gasteiger partial charge in [-0.2, -0.15) is 0 Å². The van der Waals surface area contributed by atoms with Crippen LogP contribution in [-0.4, -0.2) is 13.0 Å². The minimum atomic E-state index is -0.156. The van der Waals surface area contributed by atoms with E-state index in [0.717, 1.165) is 23.4 Å². The van der Waals surface area contributed by atoms with Crippen LogP contribution in [0.2, 0.25) is 0 Å². The normalized spacial score (nSPS) is 14.1. The largest absolute Gasteiger partial charge is 0.426 e. The Morgan fingerprint density at radius 1 is 1.54 bits per heavy atom. The maximum atomic E-state index is 10.9. The highest BCUT2D eigenvalue weighted by atomic mass is 16.5. The fourth-order valence-corrected chi connectivity index (χ4v) is 1.47. The fraction of sp³-hybridized carbons (Fsp3) is 0.300. The van der Waals surface area contributed by atoms with Gasteiger partial charge < -0.3 is 10.1 Å². The van der Waals surface area contributed by atoms with Crippen LogP contribution in [0.25, 0.3) is 0 Å². The van der Waals surface area contributed by atoms with Gasteiger partial charge in [0.25, 0.3) is 0 Å². The maximum absolute atomic E-state index is 10.9. The summed E-state index contributed by atoms with van der Waals surface area (Å²) in [7, 11) is 1.89. The third-order valence-corrected chi connectivity index (χ3v) is 2.07. The number of ether oxygens (including phenoxy) is 1. The third kappa shape index (κ3) is 1.55. The van der Waals surface area contributed by atoms with Gasteiger partial charge in [0, 0.05) is 12.1 Å². The molecule has 1 aliphatic heterocycles. The molecule has 2 rings (SSSR count). The molecule has 0 spiro atoms. The molecule has 0 amide bonds. The van der Waals surface area contributed by atoms with Crippen molar-refractivity contribution in [1.29, 1.82) is 0 Å². The molecule has 0 fully saturated rings. The third-order valence-electron chi connectivity index (χ3n) is 2.07. The van der Waals surface area contributed by atoms with E-state index < -0.39 is 0 Å².